The fourth-order valence-corrected chi connectivity index (χ4v) is 6.31. The molecule has 2 amide bonds. The third-order valence-corrected chi connectivity index (χ3v) is 8.03. The minimum atomic E-state index is -4.52. The maximum atomic E-state index is 13.1. The number of rotatable bonds is 5. The van der Waals surface area contributed by atoms with Crippen LogP contribution in [0.5, 0.6) is 0 Å². The van der Waals surface area contributed by atoms with Crippen molar-refractivity contribution in [2.75, 3.05) is 24.6 Å². The van der Waals surface area contributed by atoms with E-state index in [0.717, 1.165) is 24.3 Å². The number of nitrogens with zero attached hydrogens (tertiary/aromatic N) is 2. The minimum Gasteiger partial charge on any atom is -0.324 e. The summed E-state index contributed by atoms with van der Waals surface area (Å²) in [6.45, 7) is 0.100. The first-order chi connectivity index (χ1) is 15.9. The van der Waals surface area contributed by atoms with Crippen LogP contribution in [-0.2, 0) is 21.9 Å². The van der Waals surface area contributed by atoms with Crippen molar-refractivity contribution >= 4 is 35.3 Å². The van der Waals surface area contributed by atoms with Crippen LogP contribution < -0.4 is 0 Å². The molecule has 34 heavy (non-hydrogen) atoms. The lowest BCUT2D eigenvalue weighted by Gasteiger charge is -2.30. The Hall–Kier alpha value is -2.34. The highest BCUT2D eigenvalue weighted by atomic mass is 32.2. The summed E-state index contributed by atoms with van der Waals surface area (Å²) in [5.74, 6) is -0.383. The molecule has 2 aromatic carbocycles. The maximum Gasteiger partial charge on any atom is 0.416 e. The third kappa shape index (κ3) is 5.17. The van der Waals surface area contributed by atoms with Crippen LogP contribution in [-0.4, -0.2) is 46.2 Å². The number of carbonyl (C=O) groups excluding carboxylic acids is 2. The van der Waals surface area contributed by atoms with Crippen molar-refractivity contribution in [1.29, 1.82) is 0 Å². The van der Waals surface area contributed by atoms with Crippen molar-refractivity contribution in [2.24, 2.45) is 0 Å². The summed E-state index contributed by atoms with van der Waals surface area (Å²) in [6.07, 6.45) is -9.04. The van der Waals surface area contributed by atoms with Gasteiger partial charge in [0.1, 0.15) is 10.7 Å². The zero-order chi connectivity index (χ0) is 24.7. The van der Waals surface area contributed by atoms with Gasteiger partial charge in [0.25, 0.3) is 0 Å². The zero-order valence-electron chi connectivity index (χ0n) is 17.4. The highest BCUT2D eigenvalue weighted by Gasteiger charge is 2.39. The minimum absolute atomic E-state index is 0.0501. The fourth-order valence-electron chi connectivity index (χ4n) is 3.90. The molecule has 0 radical (unpaired) electrons. The number of halogens is 6. The average Bonchev–Trinajstić information content (AvgIpc) is 3.33. The molecule has 2 aliphatic rings. The molecule has 182 valence electrons. The lowest BCUT2D eigenvalue weighted by atomic mass is 10.1. The Morgan fingerprint density at radius 3 is 1.44 bits per heavy atom. The van der Waals surface area contributed by atoms with Crippen LogP contribution in [0.25, 0.3) is 0 Å². The van der Waals surface area contributed by atoms with Crippen molar-refractivity contribution in [3.63, 3.8) is 0 Å². The Morgan fingerprint density at radius 1 is 0.706 bits per heavy atom. The van der Waals surface area contributed by atoms with Gasteiger partial charge in [-0.05, 0) is 35.4 Å². The van der Waals surface area contributed by atoms with Crippen LogP contribution in [0.1, 0.15) is 33.0 Å². The summed E-state index contributed by atoms with van der Waals surface area (Å²) in [7, 11) is 0. The van der Waals surface area contributed by atoms with E-state index in [2.05, 4.69) is 0 Å². The number of benzene rings is 2. The van der Waals surface area contributed by atoms with Gasteiger partial charge < -0.3 is 9.80 Å². The van der Waals surface area contributed by atoms with Crippen LogP contribution in [0.3, 0.4) is 0 Å². The molecular formula is C22H18F6N2O2S2. The molecule has 2 atom stereocenters. The van der Waals surface area contributed by atoms with E-state index < -0.39 is 34.2 Å². The smallest absolute Gasteiger partial charge is 0.324 e. The summed E-state index contributed by atoms with van der Waals surface area (Å²) in [4.78, 5) is 27.8. The SMILES string of the molecule is O=C1CS[C@H](c2cccc(C(F)(F)F)c2)N1CCN1C(=O)CS[C@H]1c1cccc(C(F)(F)F)c1. The Morgan fingerprint density at radius 2 is 1.09 bits per heavy atom. The number of amides is 2. The molecule has 0 bridgehead atoms. The van der Waals surface area contributed by atoms with E-state index >= 15 is 0 Å². The van der Waals surface area contributed by atoms with E-state index in [0.29, 0.717) is 11.1 Å². The molecule has 0 aromatic heterocycles. The normalized spacial score (nSPS) is 21.6. The van der Waals surface area contributed by atoms with Gasteiger partial charge in [-0.25, -0.2) is 0 Å². The largest absolute Gasteiger partial charge is 0.416 e. The predicted molar refractivity (Wildman–Crippen MR) is 117 cm³/mol. The van der Waals surface area contributed by atoms with Crippen LogP contribution in [0, 0.1) is 0 Å². The summed E-state index contributed by atoms with van der Waals surface area (Å²) >= 11 is 2.38. The Kier molecular flexibility index (Phi) is 6.83. The first-order valence-corrected chi connectivity index (χ1v) is 12.2. The lowest BCUT2D eigenvalue weighted by Crippen LogP contribution is -2.39. The number of hydrogen-bond donors (Lipinski definition) is 0. The van der Waals surface area contributed by atoms with Gasteiger partial charge in [-0.2, -0.15) is 26.3 Å². The van der Waals surface area contributed by atoms with E-state index in [9.17, 15) is 35.9 Å². The van der Waals surface area contributed by atoms with Gasteiger partial charge in [0.2, 0.25) is 11.8 Å². The summed E-state index contributed by atoms with van der Waals surface area (Å²) < 4.78 is 78.8. The van der Waals surface area contributed by atoms with Crippen molar-refractivity contribution in [1.82, 2.24) is 9.80 Å². The van der Waals surface area contributed by atoms with Crippen LogP contribution in [0.15, 0.2) is 48.5 Å². The van der Waals surface area contributed by atoms with Crippen molar-refractivity contribution in [3.8, 4) is 0 Å². The van der Waals surface area contributed by atoms with Gasteiger partial charge in [-0.1, -0.05) is 24.3 Å². The first kappa shape index (κ1) is 24.8. The van der Waals surface area contributed by atoms with Crippen LogP contribution in [0.2, 0.25) is 0 Å². The number of carbonyl (C=O) groups is 2. The van der Waals surface area contributed by atoms with Gasteiger partial charge in [-0.15, -0.1) is 23.5 Å². The topological polar surface area (TPSA) is 40.6 Å². The Bertz CT molecular complexity index is 1010. The van der Waals surface area contributed by atoms with E-state index in [1.54, 1.807) is 0 Å². The van der Waals surface area contributed by atoms with Crippen molar-refractivity contribution < 1.29 is 35.9 Å². The van der Waals surface area contributed by atoms with Gasteiger partial charge in [-0.3, -0.25) is 9.59 Å². The fraction of sp³-hybridized carbons (Fsp3) is 0.364. The number of alkyl halides is 6. The molecule has 0 N–H and O–H groups in total. The quantitative estimate of drug-likeness (QED) is 0.484. The maximum absolute atomic E-state index is 13.1. The molecule has 2 aromatic rings. The molecule has 0 saturated carbocycles. The average molecular weight is 521 g/mol. The molecule has 0 unspecified atom stereocenters. The molecule has 4 nitrogen and oxygen atoms in total. The molecule has 0 aliphatic carbocycles. The zero-order valence-corrected chi connectivity index (χ0v) is 19.0. The second-order valence-corrected chi connectivity index (χ2v) is 9.88. The van der Waals surface area contributed by atoms with Crippen molar-refractivity contribution in [2.45, 2.75) is 23.1 Å². The van der Waals surface area contributed by atoms with Gasteiger partial charge >= 0.3 is 12.4 Å². The number of thioether (sulfide) groups is 2. The summed E-state index contributed by atoms with van der Waals surface area (Å²) in [5.41, 5.74) is -0.995. The van der Waals surface area contributed by atoms with Crippen molar-refractivity contribution in [3.05, 3.63) is 70.8 Å². The molecule has 2 saturated heterocycles. The van der Waals surface area contributed by atoms with E-state index in [4.69, 9.17) is 0 Å². The highest BCUT2D eigenvalue weighted by molar-refractivity contribution is 8.00. The third-order valence-electron chi connectivity index (χ3n) is 5.52. The first-order valence-electron chi connectivity index (χ1n) is 10.1. The molecule has 12 heteroatoms. The standard InChI is InChI=1S/C22H18F6N2O2S2/c23-21(24,25)15-5-1-3-13(9-15)19-29(17(31)11-33-19)7-8-30-18(32)12-34-20(30)14-4-2-6-16(10-14)22(26,27)28/h1-6,9-10,19-20H,7-8,11-12H2/t19-,20+. The van der Waals surface area contributed by atoms with E-state index in [1.165, 1.54) is 57.6 Å². The molecule has 0 spiro atoms. The lowest BCUT2D eigenvalue weighted by molar-refractivity contribution is -0.138. The monoisotopic (exact) mass is 520 g/mol. The van der Waals surface area contributed by atoms with Gasteiger partial charge in [0.15, 0.2) is 0 Å². The van der Waals surface area contributed by atoms with E-state index in [1.807, 2.05) is 0 Å². The van der Waals surface area contributed by atoms with Crippen LogP contribution >= 0.6 is 23.5 Å². The van der Waals surface area contributed by atoms with Gasteiger partial charge in [0.05, 0.1) is 22.6 Å². The molecule has 2 aliphatic heterocycles. The van der Waals surface area contributed by atoms with Gasteiger partial charge in [0, 0.05) is 13.1 Å². The predicted octanol–water partition coefficient (Wildman–Crippen LogP) is 5.57. The molecular weight excluding hydrogens is 502 g/mol. The summed E-state index contributed by atoms with van der Waals surface area (Å²) in [6, 6.07) is 9.51. The Balaban J connectivity index is 1.52. The second-order valence-electron chi connectivity index (χ2n) is 7.75. The van der Waals surface area contributed by atoms with E-state index in [-0.39, 0.29) is 36.4 Å². The molecule has 2 heterocycles. The second kappa shape index (κ2) is 9.37. The number of hydrogen-bond acceptors (Lipinski definition) is 4. The van der Waals surface area contributed by atoms with Crippen LogP contribution in [0.4, 0.5) is 26.3 Å². The summed E-state index contributed by atoms with van der Waals surface area (Å²) in [5, 5.41) is -1.29. The molecule has 2 fully saturated rings. The molecule has 4 rings (SSSR count). The Labute approximate surface area is 199 Å². The highest BCUT2D eigenvalue weighted by Crippen LogP contribution is 2.43.